The Kier molecular flexibility index (Phi) is 8.03. The summed E-state index contributed by atoms with van der Waals surface area (Å²) >= 11 is 0. The van der Waals surface area contributed by atoms with Crippen molar-refractivity contribution in [1.29, 1.82) is 10.5 Å². The number of ether oxygens (including phenoxy) is 1. The second-order valence-corrected chi connectivity index (χ2v) is 4.75. The van der Waals surface area contributed by atoms with Crippen molar-refractivity contribution in [3.05, 3.63) is 53.6 Å². The number of anilines is 1. The van der Waals surface area contributed by atoms with Crippen LogP contribution in [0.2, 0.25) is 0 Å². The summed E-state index contributed by atoms with van der Waals surface area (Å²) in [6.45, 7) is 7.00. The predicted molar refractivity (Wildman–Crippen MR) is 100 cm³/mol. The van der Waals surface area contributed by atoms with Crippen LogP contribution in [0.25, 0.3) is 11.0 Å². The highest BCUT2D eigenvalue weighted by molar-refractivity contribution is 6.08. The molecule has 0 saturated heterocycles. The Bertz CT molecular complexity index is 951. The van der Waals surface area contributed by atoms with Gasteiger partial charge in [0.1, 0.15) is 5.75 Å². The first-order chi connectivity index (χ1) is 13.2. The molecule has 1 amide bonds. The third-order valence-corrected chi connectivity index (χ3v) is 3.30. The average Bonchev–Trinajstić information content (AvgIpc) is 3.13. The van der Waals surface area contributed by atoms with Crippen LogP contribution in [-0.4, -0.2) is 24.4 Å². The monoisotopic (exact) mass is 364 g/mol. The highest BCUT2D eigenvalue weighted by Crippen LogP contribution is 2.24. The van der Waals surface area contributed by atoms with E-state index in [-0.39, 0.29) is 5.91 Å². The fourth-order valence-electron chi connectivity index (χ4n) is 2.13. The Morgan fingerprint density at radius 1 is 1.22 bits per heavy atom. The second kappa shape index (κ2) is 10.5. The molecule has 0 saturated carbocycles. The number of nitrogens with one attached hydrogen (secondary N) is 1. The lowest BCUT2D eigenvalue weighted by Crippen LogP contribution is -2.12. The third kappa shape index (κ3) is 5.05. The van der Waals surface area contributed by atoms with Crippen molar-refractivity contribution in [2.45, 2.75) is 0 Å². The first-order valence-electron chi connectivity index (χ1n) is 7.31. The first kappa shape index (κ1) is 20.7. The van der Waals surface area contributed by atoms with Crippen LogP contribution in [0.4, 0.5) is 5.82 Å². The van der Waals surface area contributed by atoms with Gasteiger partial charge in [0.25, 0.3) is 5.91 Å². The lowest BCUT2D eigenvalue weighted by molar-refractivity contribution is 0.102. The van der Waals surface area contributed by atoms with E-state index in [1.165, 1.54) is 6.21 Å². The number of hydrazone groups is 1. The quantitative estimate of drug-likeness (QED) is 0.410. The SMILES string of the molecule is C#N.C#N.COc1ccc(C(=O)Nc2noc3ccc(C=NN)cc23)cc1. The lowest BCUT2D eigenvalue weighted by atomic mass is 10.1. The molecule has 136 valence electrons. The van der Waals surface area contributed by atoms with E-state index >= 15 is 0 Å². The molecule has 3 rings (SSSR count). The van der Waals surface area contributed by atoms with E-state index in [2.05, 4.69) is 28.7 Å². The number of benzene rings is 2. The highest BCUT2D eigenvalue weighted by atomic mass is 16.5. The summed E-state index contributed by atoms with van der Waals surface area (Å²) in [5, 5.41) is 23.8. The molecule has 0 unspecified atom stereocenters. The normalized spacial score (nSPS) is 9.52. The average molecular weight is 364 g/mol. The van der Waals surface area contributed by atoms with Crippen molar-refractivity contribution in [1.82, 2.24) is 5.16 Å². The summed E-state index contributed by atoms with van der Waals surface area (Å²) < 4.78 is 10.3. The fourth-order valence-corrected chi connectivity index (χ4v) is 2.13. The number of hydrogen-bond acceptors (Lipinski definition) is 8. The number of rotatable bonds is 4. The lowest BCUT2D eigenvalue weighted by Gasteiger charge is -2.04. The van der Waals surface area contributed by atoms with Crippen LogP contribution in [-0.2, 0) is 0 Å². The van der Waals surface area contributed by atoms with E-state index < -0.39 is 0 Å². The van der Waals surface area contributed by atoms with E-state index in [0.717, 1.165) is 5.56 Å². The number of nitrogens with zero attached hydrogens (tertiary/aromatic N) is 4. The maximum absolute atomic E-state index is 12.3. The molecular formula is C18H16N6O3. The molecule has 2 aromatic carbocycles. The number of fused-ring (bicyclic) bond motifs is 1. The molecule has 0 bridgehead atoms. The summed E-state index contributed by atoms with van der Waals surface area (Å²) in [5.74, 6) is 5.88. The maximum atomic E-state index is 12.3. The molecule has 0 radical (unpaired) electrons. The van der Waals surface area contributed by atoms with Crippen LogP contribution in [0.3, 0.4) is 0 Å². The largest absolute Gasteiger partial charge is 0.497 e. The summed E-state index contributed by atoms with van der Waals surface area (Å²) in [6, 6.07) is 12.1. The van der Waals surface area contributed by atoms with E-state index in [1.807, 2.05) is 0 Å². The summed E-state index contributed by atoms with van der Waals surface area (Å²) in [6.07, 6.45) is 1.50. The summed E-state index contributed by atoms with van der Waals surface area (Å²) in [7, 11) is 1.57. The number of carbonyl (C=O) groups is 1. The van der Waals surface area contributed by atoms with Gasteiger partial charge in [-0.25, -0.2) is 10.5 Å². The Balaban J connectivity index is 0.000000855. The Hall–Kier alpha value is -4.37. The van der Waals surface area contributed by atoms with Gasteiger partial charge in [-0.2, -0.15) is 5.10 Å². The molecule has 0 atom stereocenters. The number of nitriles is 2. The highest BCUT2D eigenvalue weighted by Gasteiger charge is 2.13. The molecule has 1 aromatic heterocycles. The third-order valence-electron chi connectivity index (χ3n) is 3.30. The maximum Gasteiger partial charge on any atom is 0.256 e. The van der Waals surface area contributed by atoms with Crippen LogP contribution in [0.15, 0.2) is 52.1 Å². The van der Waals surface area contributed by atoms with E-state index in [0.29, 0.717) is 28.1 Å². The van der Waals surface area contributed by atoms with Gasteiger partial charge in [-0.1, -0.05) is 5.16 Å². The number of carbonyl (C=O) groups excluding carboxylic acids is 1. The van der Waals surface area contributed by atoms with Gasteiger partial charge in [-0.3, -0.25) is 4.79 Å². The van der Waals surface area contributed by atoms with Crippen molar-refractivity contribution < 1.29 is 14.1 Å². The van der Waals surface area contributed by atoms with Crippen LogP contribution in [0.1, 0.15) is 15.9 Å². The van der Waals surface area contributed by atoms with Crippen LogP contribution in [0, 0.1) is 23.7 Å². The summed E-state index contributed by atoms with van der Waals surface area (Å²) in [5.41, 5.74) is 1.83. The number of nitrogens with two attached hydrogens (primary N) is 1. The van der Waals surface area contributed by atoms with Crippen molar-refractivity contribution in [3.8, 4) is 18.9 Å². The van der Waals surface area contributed by atoms with Gasteiger partial charge in [0, 0.05) is 18.7 Å². The number of amides is 1. The van der Waals surface area contributed by atoms with Gasteiger partial charge in [-0.15, -0.1) is 0 Å². The zero-order valence-corrected chi connectivity index (χ0v) is 14.4. The van der Waals surface area contributed by atoms with Crippen molar-refractivity contribution in [3.63, 3.8) is 0 Å². The molecule has 9 nitrogen and oxygen atoms in total. The van der Waals surface area contributed by atoms with E-state index in [4.69, 9.17) is 25.6 Å². The minimum Gasteiger partial charge on any atom is -0.497 e. The Morgan fingerprint density at radius 2 is 1.89 bits per heavy atom. The van der Waals surface area contributed by atoms with E-state index in [9.17, 15) is 4.79 Å². The first-order valence-corrected chi connectivity index (χ1v) is 7.31. The minimum absolute atomic E-state index is 0.291. The second-order valence-electron chi connectivity index (χ2n) is 4.75. The van der Waals surface area contributed by atoms with Crippen molar-refractivity contribution >= 4 is 28.9 Å². The van der Waals surface area contributed by atoms with Crippen molar-refractivity contribution in [2.75, 3.05) is 12.4 Å². The topological polar surface area (TPSA) is 150 Å². The molecule has 0 spiro atoms. The standard InChI is InChI=1S/C16H14N4O3.2CHN/c1-22-12-5-3-11(4-6-12)16(21)19-15-13-8-10(9-18-17)2-7-14(13)23-20-15;2*1-2/h2-9H,17H2,1H3,(H,19,20,21);2*1H. The molecule has 0 aliphatic rings. The van der Waals surface area contributed by atoms with Gasteiger partial charge >= 0.3 is 0 Å². The van der Waals surface area contributed by atoms with Gasteiger partial charge < -0.3 is 20.4 Å². The molecule has 1 heterocycles. The molecule has 3 aromatic rings. The number of aromatic nitrogens is 1. The molecule has 0 aliphatic carbocycles. The van der Waals surface area contributed by atoms with Crippen LogP contribution in [0.5, 0.6) is 5.75 Å². The van der Waals surface area contributed by atoms with Gasteiger partial charge in [0.2, 0.25) is 0 Å². The van der Waals surface area contributed by atoms with E-state index in [1.54, 1.807) is 49.6 Å². The predicted octanol–water partition coefficient (Wildman–Crippen LogP) is 2.66. The van der Waals surface area contributed by atoms with Gasteiger partial charge in [-0.05, 0) is 48.0 Å². The Labute approximate surface area is 155 Å². The van der Waals surface area contributed by atoms with Crippen molar-refractivity contribution in [2.24, 2.45) is 10.9 Å². The number of methoxy groups -OCH3 is 1. The Morgan fingerprint density at radius 3 is 2.48 bits per heavy atom. The summed E-state index contributed by atoms with van der Waals surface area (Å²) in [4.78, 5) is 12.3. The zero-order valence-electron chi connectivity index (χ0n) is 14.4. The molecular weight excluding hydrogens is 348 g/mol. The van der Waals surface area contributed by atoms with Gasteiger partial charge in [0.15, 0.2) is 11.4 Å². The molecule has 0 aliphatic heterocycles. The minimum atomic E-state index is -0.291. The molecule has 0 fully saturated rings. The molecule has 3 N–H and O–H groups in total. The molecule has 27 heavy (non-hydrogen) atoms. The number of hydrogen-bond donors (Lipinski definition) is 2. The molecule has 9 heteroatoms. The smallest absolute Gasteiger partial charge is 0.256 e. The van der Waals surface area contributed by atoms with Gasteiger partial charge in [0.05, 0.1) is 18.7 Å². The zero-order chi connectivity index (χ0) is 20.2. The van der Waals surface area contributed by atoms with Crippen LogP contribution < -0.4 is 15.9 Å². The fraction of sp³-hybridized carbons (Fsp3) is 0.0556. The van der Waals surface area contributed by atoms with Crippen LogP contribution >= 0.6 is 0 Å².